The molecule has 1 aromatic heterocycles. The van der Waals surface area contributed by atoms with Crippen LogP contribution in [0.5, 0.6) is 0 Å². The molecule has 0 atom stereocenters. The number of amides is 1. The monoisotopic (exact) mass is 329 g/mol. The predicted octanol–water partition coefficient (Wildman–Crippen LogP) is 2.16. The summed E-state index contributed by atoms with van der Waals surface area (Å²) in [5, 5.41) is 2.81. The van der Waals surface area contributed by atoms with E-state index in [1.54, 1.807) is 50.4 Å². The van der Waals surface area contributed by atoms with Crippen molar-refractivity contribution in [2.75, 3.05) is 5.32 Å². The number of carbonyl (C=O) groups is 1. The highest BCUT2D eigenvalue weighted by Gasteiger charge is 2.30. The van der Waals surface area contributed by atoms with Gasteiger partial charge < -0.3 is 15.6 Å². The predicted molar refractivity (Wildman–Crippen MR) is 95.7 cm³/mol. The minimum atomic E-state index is -1.02. The summed E-state index contributed by atoms with van der Waals surface area (Å²) < 4.78 is 1.42. The van der Waals surface area contributed by atoms with Crippen molar-refractivity contribution in [1.29, 1.82) is 0 Å². The molecule has 0 fully saturated rings. The zero-order valence-corrected chi connectivity index (χ0v) is 14.1. The molecule has 120 valence electrons. The number of thiocarbonyl (C=S) groups is 1. The van der Waals surface area contributed by atoms with Crippen molar-refractivity contribution in [2.45, 2.75) is 26.3 Å². The largest absolute Gasteiger partial charge is 0.389 e. The quantitative estimate of drug-likeness (QED) is 0.843. The van der Waals surface area contributed by atoms with Gasteiger partial charge in [-0.2, -0.15) is 0 Å². The van der Waals surface area contributed by atoms with Crippen molar-refractivity contribution < 1.29 is 4.79 Å². The van der Waals surface area contributed by atoms with Crippen LogP contribution in [0.15, 0.2) is 47.4 Å². The second-order valence-electron chi connectivity index (χ2n) is 5.87. The molecule has 1 heterocycles. The third-order valence-electron chi connectivity index (χ3n) is 3.66. The third-order valence-corrected chi connectivity index (χ3v) is 3.90. The number of carbonyl (C=O) groups excluding carboxylic acids is 1. The number of nitrogens with zero attached hydrogens (tertiary/aromatic N) is 1. The van der Waals surface area contributed by atoms with Crippen LogP contribution in [-0.4, -0.2) is 15.5 Å². The minimum Gasteiger partial charge on any atom is -0.389 e. The molecule has 0 aliphatic carbocycles. The van der Waals surface area contributed by atoms with Crippen molar-refractivity contribution in [2.24, 2.45) is 5.73 Å². The van der Waals surface area contributed by atoms with Gasteiger partial charge in [0.2, 0.25) is 5.91 Å². The van der Waals surface area contributed by atoms with Crippen molar-refractivity contribution in [3.05, 3.63) is 64.1 Å². The summed E-state index contributed by atoms with van der Waals surface area (Å²) in [5.41, 5.74) is 6.51. The number of nitrogens with one attached hydrogen (secondary N) is 1. The average molecular weight is 329 g/mol. The van der Waals surface area contributed by atoms with Gasteiger partial charge >= 0.3 is 0 Å². The Morgan fingerprint density at radius 1 is 1.22 bits per heavy atom. The standard InChI is InChI=1S/C17H19N3O2S/c1-11-8-9-20(14(21)10-11)17(2,3)16(22)19-13-6-4-12(5-7-13)15(18)23/h4-10H,1-3H3,(H2,18,23)(H,19,22). The van der Waals surface area contributed by atoms with Gasteiger partial charge in [-0.15, -0.1) is 0 Å². The van der Waals surface area contributed by atoms with E-state index >= 15 is 0 Å². The molecule has 0 aliphatic rings. The van der Waals surface area contributed by atoms with Gasteiger partial charge in [-0.25, -0.2) is 0 Å². The molecule has 0 saturated heterocycles. The zero-order chi connectivity index (χ0) is 17.2. The first-order valence-electron chi connectivity index (χ1n) is 7.13. The number of hydrogen-bond acceptors (Lipinski definition) is 3. The summed E-state index contributed by atoms with van der Waals surface area (Å²) in [7, 11) is 0. The van der Waals surface area contributed by atoms with E-state index in [0.717, 1.165) is 11.1 Å². The van der Waals surface area contributed by atoms with Gasteiger partial charge in [-0.1, -0.05) is 12.2 Å². The maximum atomic E-state index is 12.6. The number of aromatic nitrogens is 1. The van der Waals surface area contributed by atoms with Gasteiger partial charge in [0.15, 0.2) is 0 Å². The fraction of sp³-hybridized carbons (Fsp3) is 0.235. The van der Waals surface area contributed by atoms with Gasteiger partial charge in [0.1, 0.15) is 10.5 Å². The Morgan fingerprint density at radius 2 is 1.83 bits per heavy atom. The highest BCUT2D eigenvalue weighted by molar-refractivity contribution is 7.80. The third kappa shape index (κ3) is 3.65. The highest BCUT2D eigenvalue weighted by atomic mass is 32.1. The smallest absolute Gasteiger partial charge is 0.251 e. The Bertz CT molecular complexity index is 807. The average Bonchev–Trinajstić information content (AvgIpc) is 2.47. The highest BCUT2D eigenvalue weighted by Crippen LogP contribution is 2.17. The number of benzene rings is 1. The summed E-state index contributed by atoms with van der Waals surface area (Å²) in [4.78, 5) is 25.0. The number of rotatable bonds is 4. The van der Waals surface area contributed by atoms with E-state index in [2.05, 4.69) is 5.32 Å². The van der Waals surface area contributed by atoms with Crippen molar-refractivity contribution in [3.8, 4) is 0 Å². The van der Waals surface area contributed by atoms with Gasteiger partial charge in [0.05, 0.1) is 0 Å². The summed E-state index contributed by atoms with van der Waals surface area (Å²) in [6, 6.07) is 10.2. The van der Waals surface area contributed by atoms with E-state index in [1.807, 2.05) is 6.92 Å². The van der Waals surface area contributed by atoms with Crippen LogP contribution in [-0.2, 0) is 10.3 Å². The molecule has 0 spiro atoms. The van der Waals surface area contributed by atoms with Crippen LogP contribution in [0, 0.1) is 6.92 Å². The molecule has 1 amide bonds. The number of anilines is 1. The lowest BCUT2D eigenvalue weighted by molar-refractivity contribution is -0.123. The summed E-state index contributed by atoms with van der Waals surface area (Å²) in [6.45, 7) is 5.23. The molecule has 0 unspecified atom stereocenters. The lowest BCUT2D eigenvalue weighted by atomic mass is 10.0. The number of aryl methyl sites for hydroxylation is 1. The zero-order valence-electron chi connectivity index (χ0n) is 13.3. The van der Waals surface area contributed by atoms with Crippen molar-refractivity contribution >= 4 is 28.8 Å². The Labute approximate surface area is 140 Å². The van der Waals surface area contributed by atoms with Gasteiger partial charge in [0, 0.05) is 23.5 Å². The lowest BCUT2D eigenvalue weighted by Crippen LogP contribution is -2.45. The Morgan fingerprint density at radius 3 is 2.35 bits per heavy atom. The Hall–Kier alpha value is -2.47. The van der Waals surface area contributed by atoms with Crippen LogP contribution >= 0.6 is 12.2 Å². The Balaban J connectivity index is 2.24. The van der Waals surface area contributed by atoms with Crippen LogP contribution in [0.2, 0.25) is 0 Å². The summed E-state index contributed by atoms with van der Waals surface area (Å²) in [6.07, 6.45) is 1.63. The molecule has 6 heteroatoms. The van der Waals surface area contributed by atoms with Crippen molar-refractivity contribution in [1.82, 2.24) is 4.57 Å². The first kappa shape index (κ1) is 16.9. The molecule has 0 aliphatic heterocycles. The molecule has 23 heavy (non-hydrogen) atoms. The molecule has 0 bridgehead atoms. The second-order valence-corrected chi connectivity index (χ2v) is 6.31. The van der Waals surface area contributed by atoms with Crippen LogP contribution < -0.4 is 16.6 Å². The van der Waals surface area contributed by atoms with Crippen molar-refractivity contribution in [3.63, 3.8) is 0 Å². The molecule has 1 aromatic carbocycles. The van der Waals surface area contributed by atoms with E-state index in [9.17, 15) is 9.59 Å². The minimum absolute atomic E-state index is 0.214. The van der Waals surface area contributed by atoms with E-state index < -0.39 is 5.54 Å². The summed E-state index contributed by atoms with van der Waals surface area (Å²) in [5.74, 6) is -0.286. The fourth-order valence-electron chi connectivity index (χ4n) is 2.15. The molecular formula is C17H19N3O2S. The SMILES string of the molecule is Cc1ccn(C(C)(C)C(=O)Nc2ccc(C(N)=S)cc2)c(=O)c1. The van der Waals surface area contributed by atoms with Crippen LogP contribution in [0.4, 0.5) is 5.69 Å². The summed E-state index contributed by atoms with van der Waals surface area (Å²) >= 11 is 4.89. The maximum absolute atomic E-state index is 12.6. The molecule has 2 rings (SSSR count). The van der Waals surface area contributed by atoms with Crippen LogP contribution in [0.25, 0.3) is 0 Å². The lowest BCUT2D eigenvalue weighted by Gasteiger charge is -2.26. The molecule has 2 aromatic rings. The molecule has 0 radical (unpaired) electrons. The second kappa shape index (κ2) is 6.34. The maximum Gasteiger partial charge on any atom is 0.251 e. The molecule has 5 nitrogen and oxygen atoms in total. The first-order chi connectivity index (χ1) is 10.7. The van der Waals surface area contributed by atoms with Gasteiger partial charge in [0.25, 0.3) is 5.56 Å². The Kier molecular flexibility index (Phi) is 4.65. The molecule has 0 saturated carbocycles. The topological polar surface area (TPSA) is 77.1 Å². The molecule has 3 N–H and O–H groups in total. The van der Waals surface area contributed by atoms with Gasteiger partial charge in [-0.05, 0) is 56.7 Å². The number of pyridine rings is 1. The van der Waals surface area contributed by atoms with E-state index in [4.69, 9.17) is 18.0 Å². The van der Waals surface area contributed by atoms with Crippen LogP contribution in [0.3, 0.4) is 0 Å². The van der Waals surface area contributed by atoms with E-state index in [-0.39, 0.29) is 11.5 Å². The van der Waals surface area contributed by atoms with E-state index in [0.29, 0.717) is 10.7 Å². The first-order valence-corrected chi connectivity index (χ1v) is 7.54. The van der Waals surface area contributed by atoms with E-state index in [1.165, 1.54) is 10.6 Å². The number of hydrogen-bond donors (Lipinski definition) is 2. The van der Waals surface area contributed by atoms with Crippen LogP contribution in [0.1, 0.15) is 25.0 Å². The van der Waals surface area contributed by atoms with Gasteiger partial charge in [-0.3, -0.25) is 9.59 Å². The molecular weight excluding hydrogens is 310 g/mol. The number of nitrogens with two attached hydrogens (primary N) is 1. The normalized spacial score (nSPS) is 11.1. The fourth-order valence-corrected chi connectivity index (χ4v) is 2.29.